The minimum absolute atomic E-state index is 0.165. The highest BCUT2D eigenvalue weighted by Gasteiger charge is 2.09. The number of anilines is 1. The fraction of sp³-hybridized carbons (Fsp3) is 0.0667. The van der Waals surface area contributed by atoms with Gasteiger partial charge in [-0.05, 0) is 35.7 Å². The summed E-state index contributed by atoms with van der Waals surface area (Å²) in [6.45, 7) is 3.65. The molecule has 1 aromatic heterocycles. The SMILES string of the molecule is C=CCOC(=O)c1ccc(NC(=O)c2cccs2)cc1. The van der Waals surface area contributed by atoms with Crippen molar-refractivity contribution in [2.45, 2.75) is 0 Å². The molecule has 1 amide bonds. The quantitative estimate of drug-likeness (QED) is 0.678. The number of carbonyl (C=O) groups is 2. The summed E-state index contributed by atoms with van der Waals surface area (Å²) in [6.07, 6.45) is 1.51. The zero-order valence-electron chi connectivity index (χ0n) is 10.7. The van der Waals surface area contributed by atoms with Gasteiger partial charge in [0.15, 0.2) is 0 Å². The first-order chi connectivity index (χ1) is 9.70. The molecule has 0 saturated heterocycles. The smallest absolute Gasteiger partial charge is 0.338 e. The lowest BCUT2D eigenvalue weighted by molar-refractivity contribution is 0.0549. The molecule has 0 fully saturated rings. The van der Waals surface area contributed by atoms with E-state index in [0.29, 0.717) is 16.1 Å². The maximum atomic E-state index is 11.8. The van der Waals surface area contributed by atoms with Crippen molar-refractivity contribution in [3.8, 4) is 0 Å². The van der Waals surface area contributed by atoms with E-state index in [-0.39, 0.29) is 12.5 Å². The van der Waals surface area contributed by atoms with E-state index >= 15 is 0 Å². The maximum Gasteiger partial charge on any atom is 0.338 e. The zero-order valence-corrected chi connectivity index (χ0v) is 11.5. The van der Waals surface area contributed by atoms with Crippen molar-refractivity contribution in [3.63, 3.8) is 0 Å². The van der Waals surface area contributed by atoms with Crippen molar-refractivity contribution in [2.24, 2.45) is 0 Å². The molecule has 102 valence electrons. The van der Waals surface area contributed by atoms with Gasteiger partial charge in [0.1, 0.15) is 6.61 Å². The third-order valence-electron chi connectivity index (χ3n) is 2.46. The Hall–Kier alpha value is -2.40. The van der Waals surface area contributed by atoms with Gasteiger partial charge in [-0.15, -0.1) is 11.3 Å². The van der Waals surface area contributed by atoms with E-state index in [9.17, 15) is 9.59 Å². The van der Waals surface area contributed by atoms with Crippen LogP contribution < -0.4 is 5.32 Å². The first kappa shape index (κ1) is 14.0. The molecule has 2 rings (SSSR count). The molecule has 1 N–H and O–H groups in total. The Bertz CT molecular complexity index is 603. The second kappa shape index (κ2) is 6.68. The molecule has 0 aliphatic heterocycles. The molecule has 1 heterocycles. The minimum atomic E-state index is -0.416. The molecular formula is C15H13NO3S. The second-order valence-electron chi connectivity index (χ2n) is 3.90. The number of ether oxygens (including phenoxy) is 1. The fourth-order valence-electron chi connectivity index (χ4n) is 1.51. The van der Waals surface area contributed by atoms with Crippen LogP contribution in [0.15, 0.2) is 54.4 Å². The van der Waals surface area contributed by atoms with Crippen LogP contribution in [0, 0.1) is 0 Å². The summed E-state index contributed by atoms with van der Waals surface area (Å²) in [5, 5.41) is 4.60. The number of thiophene rings is 1. The van der Waals surface area contributed by atoms with Gasteiger partial charge in [-0.25, -0.2) is 4.79 Å². The summed E-state index contributed by atoms with van der Waals surface area (Å²) in [7, 11) is 0. The van der Waals surface area contributed by atoms with E-state index < -0.39 is 5.97 Å². The molecule has 0 aliphatic rings. The van der Waals surface area contributed by atoms with Crippen molar-refractivity contribution in [3.05, 3.63) is 64.9 Å². The van der Waals surface area contributed by atoms with E-state index in [1.165, 1.54) is 17.4 Å². The van der Waals surface area contributed by atoms with Crippen LogP contribution in [0.4, 0.5) is 5.69 Å². The molecule has 0 saturated carbocycles. The highest BCUT2D eigenvalue weighted by Crippen LogP contribution is 2.14. The first-order valence-corrected chi connectivity index (χ1v) is 6.81. The number of carbonyl (C=O) groups excluding carboxylic acids is 2. The Labute approximate surface area is 120 Å². The molecular weight excluding hydrogens is 274 g/mol. The van der Waals surface area contributed by atoms with E-state index in [1.807, 2.05) is 11.4 Å². The van der Waals surface area contributed by atoms with Gasteiger partial charge in [-0.2, -0.15) is 0 Å². The molecule has 2 aromatic rings. The van der Waals surface area contributed by atoms with Gasteiger partial charge in [0, 0.05) is 5.69 Å². The number of amides is 1. The van der Waals surface area contributed by atoms with Crippen LogP contribution >= 0.6 is 11.3 Å². The number of rotatable bonds is 5. The van der Waals surface area contributed by atoms with Crippen LogP contribution in [0.5, 0.6) is 0 Å². The van der Waals surface area contributed by atoms with Crippen LogP contribution in [0.2, 0.25) is 0 Å². The average molecular weight is 287 g/mol. The Balaban J connectivity index is 1.99. The third-order valence-corrected chi connectivity index (χ3v) is 3.32. The maximum absolute atomic E-state index is 11.8. The van der Waals surface area contributed by atoms with Crippen LogP contribution in [0.25, 0.3) is 0 Å². The number of nitrogens with one attached hydrogen (secondary N) is 1. The van der Waals surface area contributed by atoms with Crippen LogP contribution in [-0.2, 0) is 4.74 Å². The molecule has 0 spiro atoms. The predicted octanol–water partition coefficient (Wildman–Crippen LogP) is 3.34. The van der Waals surface area contributed by atoms with Gasteiger partial charge < -0.3 is 10.1 Å². The Morgan fingerprint density at radius 3 is 2.60 bits per heavy atom. The average Bonchev–Trinajstić information content (AvgIpc) is 3.00. The summed E-state index contributed by atoms with van der Waals surface area (Å²) >= 11 is 1.37. The fourth-order valence-corrected chi connectivity index (χ4v) is 2.13. The van der Waals surface area contributed by atoms with E-state index in [4.69, 9.17) is 4.74 Å². The summed E-state index contributed by atoms with van der Waals surface area (Å²) in [5.74, 6) is -0.581. The lowest BCUT2D eigenvalue weighted by atomic mass is 10.2. The largest absolute Gasteiger partial charge is 0.458 e. The highest BCUT2D eigenvalue weighted by atomic mass is 32.1. The Kier molecular flexibility index (Phi) is 4.68. The summed E-state index contributed by atoms with van der Waals surface area (Å²) < 4.78 is 4.91. The Morgan fingerprint density at radius 1 is 1.25 bits per heavy atom. The van der Waals surface area contributed by atoms with Gasteiger partial charge in [0.05, 0.1) is 10.4 Å². The van der Waals surface area contributed by atoms with Crippen LogP contribution in [0.3, 0.4) is 0 Å². The minimum Gasteiger partial charge on any atom is -0.458 e. The Morgan fingerprint density at radius 2 is 2.00 bits per heavy atom. The van der Waals surface area contributed by atoms with Gasteiger partial charge in [-0.3, -0.25) is 4.79 Å². The van der Waals surface area contributed by atoms with Crippen molar-refractivity contribution in [2.75, 3.05) is 11.9 Å². The molecule has 4 nitrogen and oxygen atoms in total. The molecule has 0 bridgehead atoms. The lowest BCUT2D eigenvalue weighted by Gasteiger charge is -2.05. The predicted molar refractivity (Wildman–Crippen MR) is 79.2 cm³/mol. The van der Waals surface area contributed by atoms with Crippen molar-refractivity contribution in [1.82, 2.24) is 0 Å². The normalized spacial score (nSPS) is 9.80. The van der Waals surface area contributed by atoms with Crippen LogP contribution in [0.1, 0.15) is 20.0 Å². The molecule has 0 aliphatic carbocycles. The third kappa shape index (κ3) is 3.55. The van der Waals surface area contributed by atoms with Gasteiger partial charge >= 0.3 is 5.97 Å². The van der Waals surface area contributed by atoms with Gasteiger partial charge in [0.25, 0.3) is 5.91 Å². The summed E-state index contributed by atoms with van der Waals surface area (Å²) in [4.78, 5) is 24.0. The van der Waals surface area contributed by atoms with Crippen molar-refractivity contribution < 1.29 is 14.3 Å². The molecule has 5 heteroatoms. The number of hydrogen-bond donors (Lipinski definition) is 1. The number of hydrogen-bond acceptors (Lipinski definition) is 4. The number of esters is 1. The van der Waals surface area contributed by atoms with E-state index in [0.717, 1.165) is 0 Å². The van der Waals surface area contributed by atoms with E-state index in [2.05, 4.69) is 11.9 Å². The monoisotopic (exact) mass is 287 g/mol. The molecule has 20 heavy (non-hydrogen) atoms. The standard InChI is InChI=1S/C15H13NO3S/c1-2-9-19-15(18)11-5-7-12(8-6-11)16-14(17)13-4-3-10-20-13/h2-8,10H,1,9H2,(H,16,17). The van der Waals surface area contributed by atoms with Crippen molar-refractivity contribution >= 4 is 28.9 Å². The van der Waals surface area contributed by atoms with E-state index in [1.54, 1.807) is 30.3 Å². The van der Waals surface area contributed by atoms with Gasteiger partial charge in [0.2, 0.25) is 0 Å². The lowest BCUT2D eigenvalue weighted by Crippen LogP contribution is -2.10. The van der Waals surface area contributed by atoms with Gasteiger partial charge in [-0.1, -0.05) is 18.7 Å². The topological polar surface area (TPSA) is 55.4 Å². The first-order valence-electron chi connectivity index (χ1n) is 5.93. The second-order valence-corrected chi connectivity index (χ2v) is 4.84. The van der Waals surface area contributed by atoms with Crippen LogP contribution in [-0.4, -0.2) is 18.5 Å². The highest BCUT2D eigenvalue weighted by molar-refractivity contribution is 7.12. The van der Waals surface area contributed by atoms with Crippen molar-refractivity contribution in [1.29, 1.82) is 0 Å². The molecule has 0 atom stereocenters. The zero-order chi connectivity index (χ0) is 14.4. The molecule has 0 radical (unpaired) electrons. The molecule has 0 unspecified atom stereocenters. The summed E-state index contributed by atoms with van der Waals surface area (Å²) in [6, 6.07) is 10.1. The number of benzene rings is 1. The molecule has 1 aromatic carbocycles. The summed E-state index contributed by atoms with van der Waals surface area (Å²) in [5.41, 5.74) is 1.06.